The summed E-state index contributed by atoms with van der Waals surface area (Å²) >= 11 is 4.71. The van der Waals surface area contributed by atoms with Gasteiger partial charge in [-0.05, 0) is 55.5 Å². The first-order valence-corrected chi connectivity index (χ1v) is 9.59. The van der Waals surface area contributed by atoms with Gasteiger partial charge in [-0.1, -0.05) is 27.7 Å². The minimum absolute atomic E-state index is 0.0979. The van der Waals surface area contributed by atoms with E-state index in [1.54, 1.807) is 7.11 Å². The second-order valence-corrected chi connectivity index (χ2v) is 7.27. The standard InChI is InChI=1S/C18H17BrN4O2S/c1-12-21-22-18(23(12)15-7-9-16(25-2)10-8-15)26-11-17(24)20-14-5-3-13(19)4-6-14/h3-10H,11H2,1-2H3,(H,20,24). The van der Waals surface area contributed by atoms with Gasteiger partial charge in [-0.3, -0.25) is 9.36 Å². The molecular formula is C18H17BrN4O2S. The second kappa shape index (κ2) is 8.37. The van der Waals surface area contributed by atoms with Crippen molar-refractivity contribution in [2.75, 3.05) is 18.2 Å². The highest BCUT2D eigenvalue weighted by Gasteiger charge is 2.13. The molecule has 1 amide bonds. The van der Waals surface area contributed by atoms with Crippen LogP contribution in [0.2, 0.25) is 0 Å². The summed E-state index contributed by atoms with van der Waals surface area (Å²) in [5, 5.41) is 11.8. The number of amides is 1. The summed E-state index contributed by atoms with van der Waals surface area (Å²) in [6, 6.07) is 15.1. The summed E-state index contributed by atoms with van der Waals surface area (Å²) in [5.74, 6) is 1.68. The van der Waals surface area contributed by atoms with Gasteiger partial charge >= 0.3 is 0 Å². The van der Waals surface area contributed by atoms with E-state index in [9.17, 15) is 4.79 Å². The van der Waals surface area contributed by atoms with Gasteiger partial charge in [0.15, 0.2) is 5.16 Å². The Bertz CT molecular complexity index is 895. The molecule has 6 nitrogen and oxygen atoms in total. The second-order valence-electron chi connectivity index (χ2n) is 5.41. The lowest BCUT2D eigenvalue weighted by Gasteiger charge is -2.09. The maximum absolute atomic E-state index is 12.2. The quantitative estimate of drug-likeness (QED) is 0.594. The van der Waals surface area contributed by atoms with Crippen LogP contribution in [0.3, 0.4) is 0 Å². The minimum atomic E-state index is -0.0979. The van der Waals surface area contributed by atoms with E-state index in [4.69, 9.17) is 4.74 Å². The number of nitrogens with zero attached hydrogens (tertiary/aromatic N) is 3. The third kappa shape index (κ3) is 4.44. The van der Waals surface area contributed by atoms with Crippen LogP contribution in [0.5, 0.6) is 5.75 Å². The van der Waals surface area contributed by atoms with Gasteiger partial charge in [0.2, 0.25) is 5.91 Å². The van der Waals surface area contributed by atoms with E-state index < -0.39 is 0 Å². The van der Waals surface area contributed by atoms with Crippen molar-refractivity contribution in [1.82, 2.24) is 14.8 Å². The average Bonchev–Trinajstić information content (AvgIpc) is 3.02. The molecule has 2 aromatic carbocycles. The minimum Gasteiger partial charge on any atom is -0.497 e. The molecule has 0 fully saturated rings. The van der Waals surface area contributed by atoms with Crippen LogP contribution in [-0.2, 0) is 4.79 Å². The molecular weight excluding hydrogens is 416 g/mol. The highest BCUT2D eigenvalue weighted by molar-refractivity contribution is 9.10. The molecule has 3 aromatic rings. The number of carbonyl (C=O) groups excluding carboxylic acids is 1. The monoisotopic (exact) mass is 432 g/mol. The van der Waals surface area contributed by atoms with E-state index in [1.807, 2.05) is 60.0 Å². The maximum Gasteiger partial charge on any atom is 0.234 e. The topological polar surface area (TPSA) is 69.0 Å². The van der Waals surface area contributed by atoms with E-state index in [-0.39, 0.29) is 11.7 Å². The molecule has 0 saturated carbocycles. The van der Waals surface area contributed by atoms with Gasteiger partial charge in [-0.25, -0.2) is 0 Å². The van der Waals surface area contributed by atoms with E-state index in [2.05, 4.69) is 31.4 Å². The van der Waals surface area contributed by atoms with Crippen LogP contribution in [0.25, 0.3) is 5.69 Å². The third-order valence-electron chi connectivity index (χ3n) is 3.59. The van der Waals surface area contributed by atoms with Crippen LogP contribution in [-0.4, -0.2) is 33.5 Å². The zero-order valence-electron chi connectivity index (χ0n) is 14.3. The van der Waals surface area contributed by atoms with E-state index in [0.717, 1.165) is 27.4 Å². The molecule has 1 aromatic heterocycles. The molecule has 0 aliphatic rings. The summed E-state index contributed by atoms with van der Waals surface area (Å²) in [4.78, 5) is 12.2. The van der Waals surface area contributed by atoms with Crippen LogP contribution in [0.4, 0.5) is 5.69 Å². The molecule has 0 radical (unpaired) electrons. The number of hydrogen-bond donors (Lipinski definition) is 1. The van der Waals surface area contributed by atoms with Crippen LogP contribution in [0.15, 0.2) is 58.2 Å². The molecule has 134 valence electrons. The van der Waals surface area contributed by atoms with Gasteiger partial charge < -0.3 is 10.1 Å². The van der Waals surface area contributed by atoms with Gasteiger partial charge in [0.25, 0.3) is 0 Å². The number of anilines is 1. The Morgan fingerprint density at radius 1 is 1.15 bits per heavy atom. The Kier molecular flexibility index (Phi) is 5.95. The summed E-state index contributed by atoms with van der Waals surface area (Å²) in [7, 11) is 1.63. The van der Waals surface area contributed by atoms with Crippen LogP contribution in [0, 0.1) is 6.92 Å². The molecule has 8 heteroatoms. The van der Waals surface area contributed by atoms with Crippen LogP contribution >= 0.6 is 27.7 Å². The molecule has 0 aliphatic heterocycles. The van der Waals surface area contributed by atoms with Gasteiger partial charge in [0, 0.05) is 15.8 Å². The molecule has 0 aliphatic carbocycles. The van der Waals surface area contributed by atoms with Crippen molar-refractivity contribution in [1.29, 1.82) is 0 Å². The number of hydrogen-bond acceptors (Lipinski definition) is 5. The fourth-order valence-corrected chi connectivity index (χ4v) is 3.39. The first kappa shape index (κ1) is 18.5. The maximum atomic E-state index is 12.2. The number of thioether (sulfide) groups is 1. The van der Waals surface area contributed by atoms with Crippen molar-refractivity contribution in [3.8, 4) is 11.4 Å². The number of methoxy groups -OCH3 is 1. The zero-order valence-corrected chi connectivity index (χ0v) is 16.7. The smallest absolute Gasteiger partial charge is 0.234 e. The molecule has 0 unspecified atom stereocenters. The zero-order chi connectivity index (χ0) is 18.5. The Hall–Kier alpha value is -2.32. The molecule has 0 saturated heterocycles. The van der Waals surface area contributed by atoms with E-state index >= 15 is 0 Å². The Morgan fingerprint density at radius 3 is 2.50 bits per heavy atom. The van der Waals surface area contributed by atoms with Crippen molar-refractivity contribution >= 4 is 39.3 Å². The number of benzene rings is 2. The Morgan fingerprint density at radius 2 is 1.85 bits per heavy atom. The van der Waals surface area contributed by atoms with E-state index in [0.29, 0.717) is 5.16 Å². The molecule has 0 atom stereocenters. The summed E-state index contributed by atoms with van der Waals surface area (Å²) in [6.45, 7) is 1.88. The number of carbonyl (C=O) groups is 1. The summed E-state index contributed by atoms with van der Waals surface area (Å²) in [6.07, 6.45) is 0. The fourth-order valence-electron chi connectivity index (χ4n) is 2.33. The first-order valence-electron chi connectivity index (χ1n) is 7.81. The van der Waals surface area contributed by atoms with Gasteiger partial charge in [-0.15, -0.1) is 10.2 Å². The summed E-state index contributed by atoms with van der Waals surface area (Å²) in [5.41, 5.74) is 1.68. The lowest BCUT2D eigenvalue weighted by molar-refractivity contribution is -0.113. The van der Waals surface area contributed by atoms with Crippen molar-refractivity contribution in [3.63, 3.8) is 0 Å². The molecule has 3 rings (SSSR count). The average molecular weight is 433 g/mol. The lowest BCUT2D eigenvalue weighted by atomic mass is 10.3. The molecule has 26 heavy (non-hydrogen) atoms. The number of halogens is 1. The van der Waals surface area contributed by atoms with Crippen molar-refractivity contribution in [3.05, 3.63) is 58.8 Å². The van der Waals surface area contributed by atoms with Gasteiger partial charge in [0.1, 0.15) is 11.6 Å². The largest absolute Gasteiger partial charge is 0.497 e. The highest BCUT2D eigenvalue weighted by Crippen LogP contribution is 2.23. The number of nitrogens with one attached hydrogen (secondary N) is 1. The molecule has 1 N–H and O–H groups in total. The number of aromatic nitrogens is 3. The van der Waals surface area contributed by atoms with Gasteiger partial charge in [-0.2, -0.15) is 0 Å². The normalized spacial score (nSPS) is 10.6. The van der Waals surface area contributed by atoms with Crippen LogP contribution < -0.4 is 10.1 Å². The Balaban J connectivity index is 1.68. The lowest BCUT2D eigenvalue weighted by Crippen LogP contribution is -2.14. The SMILES string of the molecule is COc1ccc(-n2c(C)nnc2SCC(=O)Nc2ccc(Br)cc2)cc1. The predicted molar refractivity (Wildman–Crippen MR) is 106 cm³/mol. The van der Waals surface area contributed by atoms with Crippen molar-refractivity contribution < 1.29 is 9.53 Å². The van der Waals surface area contributed by atoms with Crippen molar-refractivity contribution in [2.45, 2.75) is 12.1 Å². The Labute approximate surface area is 164 Å². The molecule has 0 spiro atoms. The predicted octanol–water partition coefficient (Wildman–Crippen LogP) is 4.08. The number of ether oxygens (including phenoxy) is 1. The van der Waals surface area contributed by atoms with Crippen LogP contribution in [0.1, 0.15) is 5.82 Å². The summed E-state index contributed by atoms with van der Waals surface area (Å²) < 4.78 is 8.07. The fraction of sp³-hybridized carbons (Fsp3) is 0.167. The molecule has 0 bridgehead atoms. The van der Waals surface area contributed by atoms with Gasteiger partial charge in [0.05, 0.1) is 12.9 Å². The highest BCUT2D eigenvalue weighted by atomic mass is 79.9. The van der Waals surface area contributed by atoms with E-state index in [1.165, 1.54) is 11.8 Å². The third-order valence-corrected chi connectivity index (χ3v) is 5.04. The van der Waals surface area contributed by atoms with Crippen molar-refractivity contribution in [2.24, 2.45) is 0 Å². The number of aryl methyl sites for hydroxylation is 1. The molecule has 1 heterocycles. The number of rotatable bonds is 6. The first-order chi connectivity index (χ1) is 12.6.